The van der Waals surface area contributed by atoms with Crippen LogP contribution in [0.15, 0.2) is 41.4 Å². The molecule has 0 heterocycles. The topological polar surface area (TPSA) is 73.3 Å². The second-order valence-electron chi connectivity index (χ2n) is 6.18. The minimum Gasteiger partial charge on any atom is -0.493 e. The number of guanidine groups is 1. The quantitative estimate of drug-likeness (QED) is 0.462. The first-order valence-corrected chi connectivity index (χ1v) is 9.73. The van der Waals surface area contributed by atoms with Crippen LogP contribution in [0, 0.1) is 0 Å². The summed E-state index contributed by atoms with van der Waals surface area (Å²) in [7, 11) is 4.99. The number of rotatable bonds is 10. The molecule has 2 N–H and O–H groups in total. The minimum atomic E-state index is 0.581. The van der Waals surface area contributed by atoms with E-state index in [-0.39, 0.29) is 0 Å². The van der Waals surface area contributed by atoms with Gasteiger partial charge in [0, 0.05) is 25.3 Å². The van der Waals surface area contributed by atoms with Gasteiger partial charge < -0.3 is 29.6 Å². The van der Waals surface area contributed by atoms with Crippen LogP contribution in [-0.2, 0) is 6.54 Å². The normalized spacial score (nSPS) is 11.0. The van der Waals surface area contributed by atoms with E-state index in [0.717, 1.165) is 29.2 Å². The van der Waals surface area contributed by atoms with Crippen molar-refractivity contribution in [2.45, 2.75) is 26.8 Å². The summed E-state index contributed by atoms with van der Waals surface area (Å²) in [5, 5.41) is 6.55. The maximum atomic E-state index is 5.70. The van der Waals surface area contributed by atoms with Gasteiger partial charge in [0.25, 0.3) is 0 Å². The lowest BCUT2D eigenvalue weighted by Crippen LogP contribution is -2.30. The highest BCUT2D eigenvalue weighted by Gasteiger charge is 2.09. The van der Waals surface area contributed by atoms with Crippen molar-refractivity contribution in [2.75, 3.05) is 39.8 Å². The van der Waals surface area contributed by atoms with Crippen LogP contribution in [-0.4, -0.2) is 40.4 Å². The van der Waals surface area contributed by atoms with E-state index in [1.54, 1.807) is 21.3 Å². The second kappa shape index (κ2) is 11.7. The molecule has 0 aliphatic heterocycles. The van der Waals surface area contributed by atoms with Gasteiger partial charge in [-0.25, -0.2) is 0 Å². The SMILES string of the molecule is CCCOc1ccc(CNC(=NC)Nc2ccc(OCC)c(OC)c2)cc1OC. The van der Waals surface area contributed by atoms with E-state index >= 15 is 0 Å². The first kappa shape index (κ1) is 22.2. The summed E-state index contributed by atoms with van der Waals surface area (Å²) in [6, 6.07) is 11.6. The number of hydrogen-bond donors (Lipinski definition) is 2. The molecule has 0 aliphatic carbocycles. The molecule has 0 aliphatic rings. The number of nitrogens with one attached hydrogen (secondary N) is 2. The van der Waals surface area contributed by atoms with E-state index in [0.29, 0.717) is 37.2 Å². The number of nitrogens with zero attached hydrogens (tertiary/aromatic N) is 1. The lowest BCUT2D eigenvalue weighted by atomic mass is 10.2. The van der Waals surface area contributed by atoms with Gasteiger partial charge in [-0.2, -0.15) is 0 Å². The van der Waals surface area contributed by atoms with Crippen LogP contribution in [0.5, 0.6) is 23.0 Å². The number of methoxy groups -OCH3 is 2. The molecule has 0 aromatic heterocycles. The van der Waals surface area contributed by atoms with Gasteiger partial charge in [0.15, 0.2) is 29.0 Å². The van der Waals surface area contributed by atoms with Crippen LogP contribution in [0.3, 0.4) is 0 Å². The van der Waals surface area contributed by atoms with Gasteiger partial charge in [0.1, 0.15) is 0 Å². The van der Waals surface area contributed by atoms with Gasteiger partial charge in [0.2, 0.25) is 0 Å². The molecule has 0 unspecified atom stereocenters. The van der Waals surface area contributed by atoms with Gasteiger partial charge in [-0.05, 0) is 43.2 Å². The third-order valence-corrected chi connectivity index (χ3v) is 4.10. The third-order valence-electron chi connectivity index (χ3n) is 4.10. The average Bonchev–Trinajstić information content (AvgIpc) is 2.76. The Morgan fingerprint density at radius 3 is 2.24 bits per heavy atom. The number of ether oxygens (including phenoxy) is 4. The Morgan fingerprint density at radius 2 is 1.59 bits per heavy atom. The number of anilines is 1. The molecule has 7 nitrogen and oxygen atoms in total. The lowest BCUT2D eigenvalue weighted by molar-refractivity contribution is 0.294. The molecule has 0 saturated carbocycles. The van der Waals surface area contributed by atoms with E-state index in [4.69, 9.17) is 18.9 Å². The summed E-state index contributed by atoms with van der Waals surface area (Å²) in [4.78, 5) is 4.28. The summed E-state index contributed by atoms with van der Waals surface area (Å²) in [6.45, 7) is 5.84. The molecule has 0 fully saturated rings. The van der Waals surface area contributed by atoms with Crippen LogP contribution in [0.4, 0.5) is 5.69 Å². The van der Waals surface area contributed by atoms with Gasteiger partial charge in [0.05, 0.1) is 27.4 Å². The molecule has 0 radical (unpaired) electrons. The van der Waals surface area contributed by atoms with Crippen molar-refractivity contribution in [3.05, 3.63) is 42.0 Å². The van der Waals surface area contributed by atoms with Crippen molar-refractivity contribution in [1.82, 2.24) is 5.32 Å². The molecule has 7 heteroatoms. The summed E-state index contributed by atoms with van der Waals surface area (Å²) in [6.07, 6.45) is 0.949. The van der Waals surface area contributed by atoms with Crippen molar-refractivity contribution in [3.63, 3.8) is 0 Å². The molecule has 2 rings (SSSR count). The number of hydrogen-bond acceptors (Lipinski definition) is 5. The minimum absolute atomic E-state index is 0.581. The van der Waals surface area contributed by atoms with Crippen LogP contribution < -0.4 is 29.6 Å². The predicted octanol–water partition coefficient (Wildman–Crippen LogP) is 4.08. The largest absolute Gasteiger partial charge is 0.493 e. The molecule has 2 aromatic rings. The molecule has 0 amide bonds. The summed E-state index contributed by atoms with van der Waals surface area (Å²) >= 11 is 0. The zero-order chi connectivity index (χ0) is 21.1. The van der Waals surface area contributed by atoms with E-state index in [1.807, 2.05) is 43.3 Å². The number of benzene rings is 2. The van der Waals surface area contributed by atoms with Crippen molar-refractivity contribution in [2.24, 2.45) is 4.99 Å². The maximum Gasteiger partial charge on any atom is 0.195 e. The van der Waals surface area contributed by atoms with E-state index in [9.17, 15) is 0 Å². The summed E-state index contributed by atoms with van der Waals surface area (Å²) in [5.74, 6) is 3.49. The molecule has 2 aromatic carbocycles. The smallest absolute Gasteiger partial charge is 0.195 e. The summed E-state index contributed by atoms with van der Waals surface area (Å²) < 4.78 is 22.1. The fourth-order valence-electron chi connectivity index (χ4n) is 2.67. The molecular formula is C22H31N3O4. The van der Waals surface area contributed by atoms with Gasteiger partial charge in [-0.15, -0.1) is 0 Å². The predicted molar refractivity (Wildman–Crippen MR) is 117 cm³/mol. The Morgan fingerprint density at radius 1 is 0.897 bits per heavy atom. The first-order valence-electron chi connectivity index (χ1n) is 9.73. The zero-order valence-corrected chi connectivity index (χ0v) is 17.9. The van der Waals surface area contributed by atoms with Gasteiger partial charge in [-0.3, -0.25) is 4.99 Å². The molecule has 0 saturated heterocycles. The highest BCUT2D eigenvalue weighted by Crippen LogP contribution is 2.30. The average molecular weight is 402 g/mol. The van der Waals surface area contributed by atoms with Crippen LogP contribution in [0.2, 0.25) is 0 Å². The van der Waals surface area contributed by atoms with Crippen LogP contribution in [0.25, 0.3) is 0 Å². The third kappa shape index (κ3) is 6.48. The Hall–Kier alpha value is -3.09. The Bertz CT molecular complexity index is 809. The van der Waals surface area contributed by atoms with Gasteiger partial charge in [-0.1, -0.05) is 13.0 Å². The molecule has 0 spiro atoms. The van der Waals surface area contributed by atoms with E-state index in [1.165, 1.54) is 0 Å². The molecule has 0 bridgehead atoms. The monoisotopic (exact) mass is 401 g/mol. The fourth-order valence-corrected chi connectivity index (χ4v) is 2.67. The Kier molecular flexibility index (Phi) is 8.95. The zero-order valence-electron chi connectivity index (χ0n) is 17.9. The summed E-state index contributed by atoms with van der Waals surface area (Å²) in [5.41, 5.74) is 1.90. The second-order valence-corrected chi connectivity index (χ2v) is 6.18. The molecule has 158 valence electrons. The van der Waals surface area contributed by atoms with E-state index < -0.39 is 0 Å². The highest BCUT2D eigenvalue weighted by molar-refractivity contribution is 5.93. The van der Waals surface area contributed by atoms with Gasteiger partial charge >= 0.3 is 0 Å². The number of aliphatic imine (C=N–C) groups is 1. The Balaban J connectivity index is 2.02. The van der Waals surface area contributed by atoms with Crippen LogP contribution in [0.1, 0.15) is 25.8 Å². The Labute approximate surface area is 173 Å². The molecule has 29 heavy (non-hydrogen) atoms. The highest BCUT2D eigenvalue weighted by atomic mass is 16.5. The van der Waals surface area contributed by atoms with Crippen molar-refractivity contribution >= 4 is 11.6 Å². The lowest BCUT2D eigenvalue weighted by Gasteiger charge is -2.15. The van der Waals surface area contributed by atoms with Crippen molar-refractivity contribution in [3.8, 4) is 23.0 Å². The van der Waals surface area contributed by atoms with Crippen molar-refractivity contribution < 1.29 is 18.9 Å². The fraction of sp³-hybridized carbons (Fsp3) is 0.409. The maximum absolute atomic E-state index is 5.70. The molecule has 0 atom stereocenters. The van der Waals surface area contributed by atoms with Crippen LogP contribution >= 0.6 is 0 Å². The van der Waals surface area contributed by atoms with Crippen molar-refractivity contribution in [1.29, 1.82) is 0 Å². The first-order chi connectivity index (χ1) is 14.1. The molecular weight excluding hydrogens is 370 g/mol. The standard InChI is InChI=1S/C22H31N3O4/c1-6-12-29-19-10-8-16(13-20(19)26-4)15-24-22(23-3)25-17-9-11-18(28-7-2)21(14-17)27-5/h8-11,13-14H,6-7,12,15H2,1-5H3,(H2,23,24,25). The van der Waals surface area contributed by atoms with E-state index in [2.05, 4.69) is 22.5 Å².